The fourth-order valence-electron chi connectivity index (χ4n) is 1.14. The van der Waals surface area contributed by atoms with E-state index in [-0.39, 0.29) is 0 Å². The van der Waals surface area contributed by atoms with E-state index >= 15 is 0 Å². The van der Waals surface area contributed by atoms with Gasteiger partial charge in [-0.3, -0.25) is 14.4 Å². The SMILES string of the molecule is COC(=O)CN(CC(=O)OC)C(=O)N(C)CC(=O)O. The molecule has 0 atom stereocenters. The molecule has 0 spiro atoms. The van der Waals surface area contributed by atoms with Crippen molar-refractivity contribution in [3.8, 4) is 0 Å². The Kier molecular flexibility index (Phi) is 6.94. The maximum Gasteiger partial charge on any atom is 0.325 e. The van der Waals surface area contributed by atoms with Gasteiger partial charge >= 0.3 is 23.9 Å². The third kappa shape index (κ3) is 6.24. The molecule has 0 aliphatic rings. The molecule has 0 aromatic rings. The second-order valence-electron chi connectivity index (χ2n) is 3.54. The molecule has 0 heterocycles. The van der Waals surface area contributed by atoms with E-state index in [1.165, 1.54) is 7.05 Å². The van der Waals surface area contributed by atoms with Gasteiger partial charge in [-0.25, -0.2) is 4.79 Å². The third-order valence-corrected chi connectivity index (χ3v) is 2.06. The Hall–Kier alpha value is -2.32. The minimum absolute atomic E-state index is 0.478. The highest BCUT2D eigenvalue weighted by molar-refractivity contribution is 5.86. The van der Waals surface area contributed by atoms with Gasteiger partial charge in [-0.15, -0.1) is 0 Å². The summed E-state index contributed by atoms with van der Waals surface area (Å²) in [5, 5.41) is 8.58. The van der Waals surface area contributed by atoms with E-state index in [4.69, 9.17) is 5.11 Å². The van der Waals surface area contributed by atoms with Gasteiger partial charge in [-0.05, 0) is 0 Å². The summed E-state index contributed by atoms with van der Waals surface area (Å²) >= 11 is 0. The van der Waals surface area contributed by atoms with Crippen LogP contribution in [0.5, 0.6) is 0 Å². The number of likely N-dealkylation sites (N-methyl/N-ethyl adjacent to an activating group) is 1. The molecule has 0 saturated carbocycles. The predicted molar refractivity (Wildman–Crippen MR) is 61.3 cm³/mol. The van der Waals surface area contributed by atoms with Gasteiger partial charge in [0.05, 0.1) is 14.2 Å². The number of ether oxygens (including phenoxy) is 2. The molecule has 0 aliphatic carbocycles. The van der Waals surface area contributed by atoms with Crippen LogP contribution in [-0.4, -0.2) is 79.7 Å². The Balaban J connectivity index is 4.79. The summed E-state index contributed by atoms with van der Waals surface area (Å²) in [6.07, 6.45) is 0. The van der Waals surface area contributed by atoms with Gasteiger partial charge in [0.1, 0.15) is 19.6 Å². The molecule has 0 unspecified atom stereocenters. The number of amides is 2. The number of carbonyl (C=O) groups is 4. The Morgan fingerprint density at radius 2 is 1.37 bits per heavy atom. The average Bonchev–Trinajstić information content (AvgIpc) is 2.35. The molecular weight excluding hydrogens is 260 g/mol. The third-order valence-electron chi connectivity index (χ3n) is 2.06. The number of urea groups is 1. The van der Waals surface area contributed by atoms with E-state index in [1.807, 2.05) is 0 Å². The summed E-state index contributed by atoms with van der Waals surface area (Å²) in [4.78, 5) is 46.3. The molecule has 108 valence electrons. The van der Waals surface area contributed by atoms with Crippen molar-refractivity contribution in [3.05, 3.63) is 0 Å². The fraction of sp³-hybridized carbons (Fsp3) is 0.600. The molecule has 0 saturated heterocycles. The fourth-order valence-corrected chi connectivity index (χ4v) is 1.14. The second-order valence-corrected chi connectivity index (χ2v) is 3.54. The number of carbonyl (C=O) groups excluding carboxylic acids is 3. The summed E-state index contributed by atoms with van der Waals surface area (Å²) in [5.74, 6) is -2.69. The van der Waals surface area contributed by atoms with Gasteiger partial charge in [0, 0.05) is 7.05 Å². The van der Waals surface area contributed by atoms with Crippen LogP contribution in [0.2, 0.25) is 0 Å². The first-order chi connectivity index (χ1) is 8.81. The standard InChI is InChI=1S/C10H16N2O7/c1-11(4-7(13)14)10(17)12(5-8(15)18-2)6-9(16)19-3/h4-6H2,1-3H3,(H,13,14). The zero-order chi connectivity index (χ0) is 15.0. The molecule has 0 fully saturated rings. The van der Waals surface area contributed by atoms with Crippen LogP contribution in [-0.2, 0) is 23.9 Å². The molecule has 0 rings (SSSR count). The lowest BCUT2D eigenvalue weighted by Gasteiger charge is -2.25. The number of hydrogen-bond donors (Lipinski definition) is 1. The number of carboxylic acids is 1. The van der Waals surface area contributed by atoms with Crippen molar-refractivity contribution in [1.29, 1.82) is 0 Å². The van der Waals surface area contributed by atoms with Gasteiger partial charge in [0.2, 0.25) is 0 Å². The molecule has 9 heteroatoms. The van der Waals surface area contributed by atoms with E-state index in [2.05, 4.69) is 9.47 Å². The molecule has 2 amide bonds. The van der Waals surface area contributed by atoms with Crippen LogP contribution in [0.1, 0.15) is 0 Å². The average molecular weight is 276 g/mol. The Morgan fingerprint density at radius 3 is 1.68 bits per heavy atom. The quantitative estimate of drug-likeness (QED) is 0.604. The van der Waals surface area contributed by atoms with Crippen LogP contribution in [0.25, 0.3) is 0 Å². The van der Waals surface area contributed by atoms with Gasteiger partial charge in [0.25, 0.3) is 0 Å². The van der Waals surface area contributed by atoms with E-state index < -0.39 is 43.6 Å². The molecule has 0 aromatic carbocycles. The number of esters is 2. The van der Waals surface area contributed by atoms with E-state index in [0.717, 1.165) is 24.0 Å². The normalized spacial score (nSPS) is 9.42. The van der Waals surface area contributed by atoms with E-state index in [1.54, 1.807) is 0 Å². The first kappa shape index (κ1) is 16.7. The maximum atomic E-state index is 11.9. The molecule has 19 heavy (non-hydrogen) atoms. The highest BCUT2D eigenvalue weighted by Gasteiger charge is 2.24. The molecule has 1 N–H and O–H groups in total. The van der Waals surface area contributed by atoms with Gasteiger partial charge in [0.15, 0.2) is 0 Å². The topological polar surface area (TPSA) is 113 Å². The lowest BCUT2D eigenvalue weighted by molar-refractivity contribution is -0.144. The van der Waals surface area contributed by atoms with Crippen LogP contribution in [0, 0.1) is 0 Å². The molecule has 0 bridgehead atoms. The van der Waals surface area contributed by atoms with Gasteiger partial charge < -0.3 is 24.4 Å². The van der Waals surface area contributed by atoms with Gasteiger partial charge in [-0.1, -0.05) is 0 Å². The molecule has 0 aromatic heterocycles. The molecule has 0 aliphatic heterocycles. The first-order valence-corrected chi connectivity index (χ1v) is 5.17. The summed E-state index contributed by atoms with van der Waals surface area (Å²) in [5.41, 5.74) is 0. The van der Waals surface area contributed by atoms with Gasteiger partial charge in [-0.2, -0.15) is 0 Å². The van der Waals surface area contributed by atoms with Crippen molar-refractivity contribution >= 4 is 23.9 Å². The lowest BCUT2D eigenvalue weighted by atomic mass is 10.4. The van der Waals surface area contributed by atoms with Crippen LogP contribution in [0.3, 0.4) is 0 Å². The van der Waals surface area contributed by atoms with E-state index in [9.17, 15) is 19.2 Å². The molecule has 0 radical (unpaired) electrons. The van der Waals surface area contributed by atoms with Crippen molar-refractivity contribution in [3.63, 3.8) is 0 Å². The van der Waals surface area contributed by atoms with Crippen molar-refractivity contribution in [2.24, 2.45) is 0 Å². The number of nitrogens with zero attached hydrogens (tertiary/aromatic N) is 2. The predicted octanol–water partition coefficient (Wildman–Crippen LogP) is -1.23. The first-order valence-electron chi connectivity index (χ1n) is 5.17. The smallest absolute Gasteiger partial charge is 0.325 e. The number of hydrogen-bond acceptors (Lipinski definition) is 6. The second kappa shape index (κ2) is 7.90. The number of methoxy groups -OCH3 is 2. The summed E-state index contributed by atoms with van der Waals surface area (Å²) in [6.45, 7) is -1.51. The molecular formula is C10H16N2O7. The summed E-state index contributed by atoms with van der Waals surface area (Å²) in [6, 6.07) is -0.793. The highest BCUT2D eigenvalue weighted by Crippen LogP contribution is 1.99. The maximum absolute atomic E-state index is 11.9. The Labute approximate surface area is 109 Å². The van der Waals surface area contributed by atoms with Crippen LogP contribution in [0.4, 0.5) is 4.79 Å². The summed E-state index contributed by atoms with van der Waals surface area (Å²) in [7, 11) is 3.49. The zero-order valence-electron chi connectivity index (χ0n) is 10.9. The number of rotatable bonds is 6. The van der Waals surface area contributed by atoms with Crippen molar-refractivity contribution in [2.45, 2.75) is 0 Å². The van der Waals surface area contributed by atoms with Crippen LogP contribution >= 0.6 is 0 Å². The Bertz CT molecular complexity index is 351. The van der Waals surface area contributed by atoms with Crippen LogP contribution in [0.15, 0.2) is 0 Å². The van der Waals surface area contributed by atoms with E-state index in [0.29, 0.717) is 0 Å². The Morgan fingerprint density at radius 1 is 0.947 bits per heavy atom. The zero-order valence-corrected chi connectivity index (χ0v) is 10.9. The highest BCUT2D eigenvalue weighted by atomic mass is 16.5. The van der Waals surface area contributed by atoms with Crippen molar-refractivity contribution in [1.82, 2.24) is 9.80 Å². The number of carboxylic acid groups (broad SMARTS) is 1. The molecule has 9 nitrogen and oxygen atoms in total. The minimum atomic E-state index is -1.22. The van der Waals surface area contributed by atoms with Crippen molar-refractivity contribution in [2.75, 3.05) is 40.9 Å². The summed E-state index contributed by atoms with van der Waals surface area (Å²) < 4.78 is 8.77. The minimum Gasteiger partial charge on any atom is -0.480 e. The van der Waals surface area contributed by atoms with Crippen molar-refractivity contribution < 1.29 is 33.8 Å². The van der Waals surface area contributed by atoms with Crippen LogP contribution < -0.4 is 0 Å². The largest absolute Gasteiger partial charge is 0.480 e. The monoisotopic (exact) mass is 276 g/mol. The number of aliphatic carboxylic acids is 1. The lowest BCUT2D eigenvalue weighted by Crippen LogP contribution is -2.47.